The molecule has 120 valence electrons. The van der Waals surface area contributed by atoms with E-state index < -0.39 is 40.8 Å². The minimum atomic E-state index is -1.10. The quantitative estimate of drug-likeness (QED) is 0.493. The van der Waals surface area contributed by atoms with Gasteiger partial charge in [-0.2, -0.15) is 0 Å². The van der Waals surface area contributed by atoms with Crippen LogP contribution < -0.4 is 5.32 Å². The molecule has 0 aliphatic carbocycles. The van der Waals surface area contributed by atoms with E-state index in [-0.39, 0.29) is 11.4 Å². The minimum Gasteiger partial charge on any atom is -0.481 e. The molecule has 1 saturated heterocycles. The lowest BCUT2D eigenvalue weighted by molar-refractivity contribution is -0.385. The highest BCUT2D eigenvalue weighted by atomic mass is 16.6. The first-order valence-corrected chi connectivity index (χ1v) is 7.01. The van der Waals surface area contributed by atoms with Gasteiger partial charge in [-0.25, -0.2) is 0 Å². The number of hydrogen-bond donors (Lipinski definition) is 2. The Morgan fingerprint density at radius 1 is 1.26 bits per heavy atom. The molecule has 0 saturated carbocycles. The first-order chi connectivity index (χ1) is 10.9. The van der Waals surface area contributed by atoms with Crippen molar-refractivity contribution in [3.05, 3.63) is 46.0 Å². The molecule has 23 heavy (non-hydrogen) atoms. The van der Waals surface area contributed by atoms with Crippen molar-refractivity contribution in [3.8, 4) is 0 Å². The lowest BCUT2D eigenvalue weighted by Crippen LogP contribution is -2.39. The summed E-state index contributed by atoms with van der Waals surface area (Å²) in [5.41, 5.74) is 0.618. The van der Waals surface area contributed by atoms with Gasteiger partial charge in [0.05, 0.1) is 23.0 Å². The van der Waals surface area contributed by atoms with E-state index in [0.29, 0.717) is 5.56 Å². The molecule has 0 radical (unpaired) electrons. The van der Waals surface area contributed by atoms with Crippen molar-refractivity contribution < 1.29 is 24.4 Å². The molecule has 2 N–H and O–H groups in total. The Hall–Kier alpha value is -2.74. The fourth-order valence-electron chi connectivity index (χ4n) is 3.02. The first kappa shape index (κ1) is 15.2. The van der Waals surface area contributed by atoms with E-state index in [2.05, 4.69) is 5.32 Å². The largest absolute Gasteiger partial charge is 0.481 e. The second-order valence-electron chi connectivity index (χ2n) is 5.59. The predicted molar refractivity (Wildman–Crippen MR) is 78.9 cm³/mol. The van der Waals surface area contributed by atoms with Crippen LogP contribution in [0.4, 0.5) is 11.4 Å². The molecule has 0 aromatic heterocycles. The van der Waals surface area contributed by atoms with Crippen molar-refractivity contribution >= 4 is 23.3 Å². The van der Waals surface area contributed by atoms with E-state index >= 15 is 0 Å². The maximum atomic E-state index is 12.4. The standard InChI is InChI=1S/C15H14N2O6/c1-7-2-3-8(6-9(7)17(21)22)16-14(18)12-10-4-5-11(23-10)13(12)15(19)20/h2-6,10-13H,1H3,(H,16,18)(H,19,20)/t10-,11+,12+,13-/m0/s1. The zero-order chi connectivity index (χ0) is 16.7. The lowest BCUT2D eigenvalue weighted by Gasteiger charge is -2.21. The van der Waals surface area contributed by atoms with Gasteiger partial charge in [-0.3, -0.25) is 19.7 Å². The van der Waals surface area contributed by atoms with E-state index in [1.807, 2.05) is 0 Å². The molecule has 1 aromatic rings. The summed E-state index contributed by atoms with van der Waals surface area (Å²) in [6, 6.07) is 4.33. The molecule has 2 heterocycles. The van der Waals surface area contributed by atoms with Gasteiger partial charge in [0.25, 0.3) is 5.69 Å². The number of carbonyl (C=O) groups is 2. The normalized spacial score (nSPS) is 27.9. The van der Waals surface area contributed by atoms with Crippen molar-refractivity contribution in [2.45, 2.75) is 19.1 Å². The summed E-state index contributed by atoms with van der Waals surface area (Å²) in [6.07, 6.45) is 2.12. The Labute approximate surface area is 130 Å². The van der Waals surface area contributed by atoms with Crippen molar-refractivity contribution in [2.24, 2.45) is 11.8 Å². The van der Waals surface area contributed by atoms with Crippen LogP contribution in [0.15, 0.2) is 30.4 Å². The van der Waals surface area contributed by atoms with Gasteiger partial charge >= 0.3 is 5.97 Å². The molecule has 1 fully saturated rings. The highest BCUT2D eigenvalue weighted by molar-refractivity contribution is 5.97. The SMILES string of the molecule is Cc1ccc(NC(=O)[C@H]2[C@@H](C(=O)O)[C@H]3C=C[C@@H]2O3)cc1[N+](=O)[O-]. The number of hydrogen-bond acceptors (Lipinski definition) is 5. The topological polar surface area (TPSA) is 119 Å². The number of ether oxygens (including phenoxy) is 1. The molecule has 8 nitrogen and oxygen atoms in total. The summed E-state index contributed by atoms with van der Waals surface area (Å²) in [5.74, 6) is -3.43. The molecule has 2 aliphatic heterocycles. The molecule has 0 spiro atoms. The van der Waals surface area contributed by atoms with Crippen LogP contribution in [0.1, 0.15) is 5.56 Å². The number of carboxylic acid groups (broad SMARTS) is 1. The van der Waals surface area contributed by atoms with E-state index in [0.717, 1.165) is 0 Å². The van der Waals surface area contributed by atoms with Crippen LogP contribution in [-0.4, -0.2) is 34.1 Å². The van der Waals surface area contributed by atoms with E-state index in [1.54, 1.807) is 25.1 Å². The van der Waals surface area contributed by atoms with Crippen LogP contribution in [0.5, 0.6) is 0 Å². The third-order valence-corrected chi connectivity index (χ3v) is 4.16. The number of nitrogens with zero attached hydrogens (tertiary/aromatic N) is 1. The number of nitrogens with one attached hydrogen (secondary N) is 1. The van der Waals surface area contributed by atoms with Gasteiger partial charge in [0.1, 0.15) is 5.92 Å². The average Bonchev–Trinajstić information content (AvgIpc) is 3.09. The Balaban J connectivity index is 1.82. The van der Waals surface area contributed by atoms with Gasteiger partial charge in [0.2, 0.25) is 5.91 Å². The third-order valence-electron chi connectivity index (χ3n) is 4.16. The number of carbonyl (C=O) groups excluding carboxylic acids is 1. The van der Waals surface area contributed by atoms with Crippen LogP contribution in [-0.2, 0) is 14.3 Å². The van der Waals surface area contributed by atoms with Gasteiger partial charge in [-0.15, -0.1) is 0 Å². The number of aliphatic carboxylic acids is 1. The Morgan fingerprint density at radius 3 is 2.52 bits per heavy atom. The van der Waals surface area contributed by atoms with Crippen LogP contribution >= 0.6 is 0 Å². The van der Waals surface area contributed by atoms with Crippen molar-refractivity contribution in [1.82, 2.24) is 0 Å². The number of carboxylic acids is 1. The van der Waals surface area contributed by atoms with Crippen molar-refractivity contribution in [2.75, 3.05) is 5.32 Å². The number of aryl methyl sites for hydroxylation is 1. The zero-order valence-electron chi connectivity index (χ0n) is 12.1. The van der Waals surface area contributed by atoms with Crippen LogP contribution in [0.25, 0.3) is 0 Å². The van der Waals surface area contributed by atoms with Crippen LogP contribution in [0.3, 0.4) is 0 Å². The monoisotopic (exact) mass is 318 g/mol. The summed E-state index contributed by atoms with van der Waals surface area (Å²) in [5, 5.41) is 22.8. The maximum Gasteiger partial charge on any atom is 0.310 e. The Morgan fingerprint density at radius 2 is 1.91 bits per heavy atom. The number of benzene rings is 1. The van der Waals surface area contributed by atoms with Crippen LogP contribution in [0.2, 0.25) is 0 Å². The highest BCUT2D eigenvalue weighted by Crippen LogP contribution is 2.40. The second-order valence-corrected chi connectivity index (χ2v) is 5.59. The summed E-state index contributed by atoms with van der Waals surface area (Å²) in [4.78, 5) is 34.2. The van der Waals surface area contributed by atoms with E-state index in [9.17, 15) is 24.8 Å². The van der Waals surface area contributed by atoms with Gasteiger partial charge in [-0.05, 0) is 13.0 Å². The van der Waals surface area contributed by atoms with E-state index in [1.165, 1.54) is 12.1 Å². The van der Waals surface area contributed by atoms with Crippen LogP contribution in [0, 0.1) is 28.9 Å². The molecular formula is C15H14N2O6. The number of rotatable bonds is 4. The van der Waals surface area contributed by atoms with Gasteiger partial charge in [0.15, 0.2) is 0 Å². The zero-order valence-corrected chi connectivity index (χ0v) is 12.1. The van der Waals surface area contributed by atoms with Gasteiger partial charge in [-0.1, -0.05) is 18.2 Å². The summed E-state index contributed by atoms with van der Waals surface area (Å²) in [7, 11) is 0. The molecule has 8 heteroatoms. The number of anilines is 1. The number of fused-ring (bicyclic) bond motifs is 2. The third kappa shape index (κ3) is 2.57. The maximum absolute atomic E-state index is 12.4. The van der Waals surface area contributed by atoms with E-state index in [4.69, 9.17) is 4.74 Å². The van der Waals surface area contributed by atoms with Gasteiger partial charge < -0.3 is 15.2 Å². The minimum absolute atomic E-state index is 0.110. The molecule has 1 aromatic carbocycles. The molecule has 0 unspecified atom stereocenters. The molecule has 2 aliphatic rings. The number of nitro groups is 1. The smallest absolute Gasteiger partial charge is 0.310 e. The molecular weight excluding hydrogens is 304 g/mol. The highest BCUT2D eigenvalue weighted by Gasteiger charge is 2.53. The predicted octanol–water partition coefficient (Wildman–Crippen LogP) is 1.50. The first-order valence-electron chi connectivity index (χ1n) is 7.01. The Bertz CT molecular complexity index is 729. The second kappa shape index (κ2) is 5.47. The average molecular weight is 318 g/mol. The lowest BCUT2D eigenvalue weighted by atomic mass is 9.82. The Kier molecular flexibility index (Phi) is 3.61. The van der Waals surface area contributed by atoms with Crippen molar-refractivity contribution in [3.63, 3.8) is 0 Å². The molecule has 3 rings (SSSR count). The molecule has 2 bridgehead atoms. The summed E-state index contributed by atoms with van der Waals surface area (Å²) < 4.78 is 5.44. The number of nitro benzene ring substituents is 1. The van der Waals surface area contributed by atoms with Gasteiger partial charge in [0, 0.05) is 17.3 Å². The number of amides is 1. The molecule has 4 atom stereocenters. The summed E-state index contributed by atoms with van der Waals surface area (Å²) >= 11 is 0. The molecule has 1 amide bonds. The fraction of sp³-hybridized carbons (Fsp3) is 0.333. The van der Waals surface area contributed by atoms with Crippen molar-refractivity contribution in [1.29, 1.82) is 0 Å². The summed E-state index contributed by atoms with van der Waals surface area (Å²) in [6.45, 7) is 1.60. The fourth-order valence-corrected chi connectivity index (χ4v) is 3.02.